The van der Waals surface area contributed by atoms with Crippen LogP contribution in [0.4, 0.5) is 4.39 Å². The molecule has 6 nitrogen and oxygen atoms in total. The zero-order valence-electron chi connectivity index (χ0n) is 11.7. The molecule has 0 bridgehead atoms. The minimum absolute atomic E-state index is 0.117. The summed E-state index contributed by atoms with van der Waals surface area (Å²) in [6, 6.07) is 4.08. The molecule has 1 aliphatic heterocycles. The summed E-state index contributed by atoms with van der Waals surface area (Å²) in [6.07, 6.45) is -1.56. The number of carboxylic acids is 1. The van der Waals surface area contributed by atoms with Crippen molar-refractivity contribution in [1.29, 1.82) is 0 Å². The van der Waals surface area contributed by atoms with E-state index in [2.05, 4.69) is 0 Å². The number of carboxylic acid groups (broad SMARTS) is 1. The second-order valence-corrected chi connectivity index (χ2v) is 4.80. The van der Waals surface area contributed by atoms with Gasteiger partial charge in [0, 0.05) is 6.54 Å². The van der Waals surface area contributed by atoms with Gasteiger partial charge in [0.05, 0.1) is 19.8 Å². The zero-order chi connectivity index (χ0) is 15.6. The Balaban J connectivity index is 2.29. The molecule has 114 valence electrons. The molecule has 2 atom stereocenters. The van der Waals surface area contributed by atoms with Crippen LogP contribution in [0.5, 0.6) is 5.75 Å². The summed E-state index contributed by atoms with van der Waals surface area (Å²) in [4.78, 5) is 24.8. The number of amides is 1. The molecule has 0 radical (unpaired) electrons. The molecule has 1 aromatic rings. The number of carbonyl (C=O) groups excluding carboxylic acids is 1. The number of hydrogen-bond donors (Lipinski definition) is 1. The lowest BCUT2D eigenvalue weighted by Crippen LogP contribution is -2.52. The maximum atomic E-state index is 13.9. The van der Waals surface area contributed by atoms with Crippen LogP contribution >= 0.6 is 0 Å². The van der Waals surface area contributed by atoms with Crippen LogP contribution in [-0.2, 0) is 9.53 Å². The van der Waals surface area contributed by atoms with Gasteiger partial charge in [-0.2, -0.15) is 0 Å². The average Bonchev–Trinajstić information content (AvgIpc) is 2.45. The van der Waals surface area contributed by atoms with Gasteiger partial charge in [0.2, 0.25) is 0 Å². The normalized spacial score (nSPS) is 22.0. The monoisotopic (exact) mass is 297 g/mol. The number of carbonyl (C=O) groups is 2. The number of benzene rings is 1. The van der Waals surface area contributed by atoms with Crippen LogP contribution in [0.3, 0.4) is 0 Å². The van der Waals surface area contributed by atoms with Crippen LogP contribution < -0.4 is 4.74 Å². The van der Waals surface area contributed by atoms with Gasteiger partial charge < -0.3 is 19.5 Å². The first-order valence-corrected chi connectivity index (χ1v) is 6.44. The highest BCUT2D eigenvalue weighted by molar-refractivity contribution is 5.97. The molecule has 0 aromatic heterocycles. The van der Waals surface area contributed by atoms with E-state index in [1.807, 2.05) is 0 Å². The Morgan fingerprint density at radius 3 is 2.76 bits per heavy atom. The smallest absolute Gasteiger partial charge is 0.334 e. The van der Waals surface area contributed by atoms with Crippen LogP contribution in [0.15, 0.2) is 18.2 Å². The largest absolute Gasteiger partial charge is 0.496 e. The minimum atomic E-state index is -1.15. The van der Waals surface area contributed by atoms with E-state index < -0.39 is 29.9 Å². The Morgan fingerprint density at radius 2 is 2.14 bits per heavy atom. The van der Waals surface area contributed by atoms with E-state index >= 15 is 0 Å². The van der Waals surface area contributed by atoms with Crippen LogP contribution in [0.1, 0.15) is 17.3 Å². The van der Waals surface area contributed by atoms with Gasteiger partial charge in [-0.05, 0) is 19.1 Å². The Bertz CT molecular complexity index is 562. The summed E-state index contributed by atoms with van der Waals surface area (Å²) in [5.41, 5.74) is -0.196. The first-order valence-electron chi connectivity index (χ1n) is 6.44. The maximum Gasteiger partial charge on any atom is 0.334 e. The van der Waals surface area contributed by atoms with Crippen molar-refractivity contribution in [3.63, 3.8) is 0 Å². The van der Waals surface area contributed by atoms with E-state index in [0.29, 0.717) is 0 Å². The van der Waals surface area contributed by atoms with Crippen molar-refractivity contribution < 1.29 is 28.6 Å². The van der Waals surface area contributed by atoms with Crippen LogP contribution in [0, 0.1) is 5.82 Å². The lowest BCUT2D eigenvalue weighted by atomic mass is 10.1. The van der Waals surface area contributed by atoms with Gasteiger partial charge in [-0.15, -0.1) is 0 Å². The molecule has 0 saturated carbocycles. The Labute approximate surface area is 121 Å². The minimum Gasteiger partial charge on any atom is -0.496 e. The van der Waals surface area contributed by atoms with E-state index in [1.54, 1.807) is 6.92 Å². The second kappa shape index (κ2) is 6.09. The summed E-state index contributed by atoms with van der Waals surface area (Å²) < 4.78 is 24.2. The van der Waals surface area contributed by atoms with Crippen molar-refractivity contribution in [2.45, 2.75) is 19.1 Å². The quantitative estimate of drug-likeness (QED) is 0.905. The molecule has 7 heteroatoms. The summed E-state index contributed by atoms with van der Waals surface area (Å²) in [5.74, 6) is -2.34. The summed E-state index contributed by atoms with van der Waals surface area (Å²) in [7, 11) is 1.34. The molecule has 1 aliphatic rings. The molecule has 0 spiro atoms. The van der Waals surface area contributed by atoms with Crippen LogP contribution in [-0.4, -0.2) is 54.3 Å². The summed E-state index contributed by atoms with van der Waals surface area (Å²) in [5, 5.41) is 9.02. The number of rotatable bonds is 3. The number of hydrogen-bond acceptors (Lipinski definition) is 4. The number of morpholine rings is 1. The van der Waals surface area contributed by atoms with Gasteiger partial charge in [0.15, 0.2) is 6.10 Å². The topological polar surface area (TPSA) is 76.1 Å². The molecule has 1 aromatic carbocycles. The van der Waals surface area contributed by atoms with E-state index in [0.717, 1.165) is 6.07 Å². The molecular formula is C14H16FNO5. The molecule has 2 rings (SSSR count). The summed E-state index contributed by atoms with van der Waals surface area (Å²) in [6.45, 7) is 1.73. The standard InChI is InChI=1S/C14H16FNO5/c1-8-6-16(7-11(21-8)14(18)19)13(17)12-9(15)4-3-5-10(12)20-2/h3-5,8,11H,6-7H2,1-2H3,(H,18,19)/t8-,11?/m1/s1. The number of aliphatic carboxylic acids is 1. The third-order valence-electron chi connectivity index (χ3n) is 3.23. The van der Waals surface area contributed by atoms with Gasteiger partial charge in [-0.25, -0.2) is 9.18 Å². The highest BCUT2D eigenvalue weighted by atomic mass is 19.1. The highest BCUT2D eigenvalue weighted by Crippen LogP contribution is 2.24. The fraction of sp³-hybridized carbons (Fsp3) is 0.429. The molecule has 0 aliphatic carbocycles. The summed E-state index contributed by atoms with van der Waals surface area (Å²) >= 11 is 0. The molecule has 1 saturated heterocycles. The number of nitrogens with zero attached hydrogens (tertiary/aromatic N) is 1. The lowest BCUT2D eigenvalue weighted by molar-refractivity contribution is -0.160. The first-order chi connectivity index (χ1) is 9.93. The van der Waals surface area contributed by atoms with Crippen LogP contribution in [0.2, 0.25) is 0 Å². The molecule has 21 heavy (non-hydrogen) atoms. The van der Waals surface area contributed by atoms with E-state index in [-0.39, 0.29) is 24.4 Å². The van der Waals surface area contributed by atoms with Gasteiger partial charge >= 0.3 is 5.97 Å². The maximum absolute atomic E-state index is 13.9. The van der Waals surface area contributed by atoms with E-state index in [4.69, 9.17) is 14.6 Å². The second-order valence-electron chi connectivity index (χ2n) is 4.80. The predicted octanol–water partition coefficient (Wildman–Crippen LogP) is 1.15. The molecule has 1 N–H and O–H groups in total. The third-order valence-corrected chi connectivity index (χ3v) is 3.23. The fourth-order valence-electron chi connectivity index (χ4n) is 2.29. The van der Waals surface area contributed by atoms with Gasteiger partial charge in [-0.3, -0.25) is 4.79 Å². The Hall–Kier alpha value is -2.15. The van der Waals surface area contributed by atoms with Crippen molar-refractivity contribution in [3.05, 3.63) is 29.6 Å². The van der Waals surface area contributed by atoms with Crippen molar-refractivity contribution in [3.8, 4) is 5.75 Å². The molecule has 1 amide bonds. The van der Waals surface area contributed by atoms with Crippen LogP contribution in [0.25, 0.3) is 0 Å². The van der Waals surface area contributed by atoms with Gasteiger partial charge in [-0.1, -0.05) is 6.07 Å². The van der Waals surface area contributed by atoms with E-state index in [1.165, 1.54) is 24.1 Å². The van der Waals surface area contributed by atoms with Crippen molar-refractivity contribution in [2.24, 2.45) is 0 Å². The Kier molecular flexibility index (Phi) is 4.42. The molecule has 1 unspecified atom stereocenters. The van der Waals surface area contributed by atoms with E-state index in [9.17, 15) is 14.0 Å². The van der Waals surface area contributed by atoms with Gasteiger partial charge in [0.25, 0.3) is 5.91 Å². The predicted molar refractivity (Wildman–Crippen MR) is 70.8 cm³/mol. The lowest BCUT2D eigenvalue weighted by Gasteiger charge is -2.35. The average molecular weight is 297 g/mol. The Morgan fingerprint density at radius 1 is 1.43 bits per heavy atom. The fourth-order valence-corrected chi connectivity index (χ4v) is 2.29. The van der Waals surface area contributed by atoms with Crippen molar-refractivity contribution >= 4 is 11.9 Å². The number of ether oxygens (including phenoxy) is 2. The first kappa shape index (κ1) is 15.2. The molecular weight excluding hydrogens is 281 g/mol. The third kappa shape index (κ3) is 3.13. The van der Waals surface area contributed by atoms with Crippen molar-refractivity contribution in [2.75, 3.05) is 20.2 Å². The highest BCUT2D eigenvalue weighted by Gasteiger charge is 2.34. The SMILES string of the molecule is COc1cccc(F)c1C(=O)N1CC(C(=O)O)O[C@H](C)C1. The number of halogens is 1. The number of methoxy groups -OCH3 is 1. The zero-order valence-corrected chi connectivity index (χ0v) is 11.7. The van der Waals surface area contributed by atoms with Crippen molar-refractivity contribution in [1.82, 2.24) is 4.90 Å². The molecule has 1 heterocycles. The van der Waals surface area contributed by atoms with Gasteiger partial charge in [0.1, 0.15) is 17.1 Å². The molecule has 1 fully saturated rings.